The molecular weight excluding hydrogens is 393 g/mol. The average molecular weight is 413 g/mol. The lowest BCUT2D eigenvalue weighted by atomic mass is 10.1. The number of hydrogen-bond donors (Lipinski definition) is 2. The van der Waals surface area contributed by atoms with E-state index in [9.17, 15) is 17.6 Å². The molecule has 0 fully saturated rings. The van der Waals surface area contributed by atoms with Crippen LogP contribution in [0.2, 0.25) is 0 Å². The van der Waals surface area contributed by atoms with E-state index in [1.165, 1.54) is 12.3 Å². The first-order valence-corrected chi connectivity index (χ1v) is 10.9. The molecule has 1 heterocycles. The number of rotatable bonds is 7. The fraction of sp³-hybridized carbons (Fsp3) is 0.143. The van der Waals surface area contributed by atoms with Crippen LogP contribution in [0.3, 0.4) is 0 Å². The molecule has 0 aliphatic heterocycles. The predicted molar refractivity (Wildman–Crippen MR) is 111 cm³/mol. The Morgan fingerprint density at radius 1 is 1.03 bits per heavy atom. The predicted octanol–water partition coefficient (Wildman–Crippen LogP) is 3.63. The van der Waals surface area contributed by atoms with E-state index in [1.807, 2.05) is 0 Å². The van der Waals surface area contributed by atoms with Crippen LogP contribution >= 0.6 is 0 Å². The number of hydrogen-bond acceptors (Lipinski definition) is 5. The molecule has 0 bridgehead atoms. The minimum absolute atomic E-state index is 0.0693. The van der Waals surface area contributed by atoms with Crippen molar-refractivity contribution in [3.63, 3.8) is 0 Å². The number of benzene rings is 2. The molecule has 0 spiro atoms. The maximum absolute atomic E-state index is 13.6. The van der Waals surface area contributed by atoms with E-state index in [0.717, 1.165) is 6.26 Å². The van der Waals surface area contributed by atoms with E-state index in [-0.39, 0.29) is 17.5 Å². The Labute approximate surface area is 168 Å². The summed E-state index contributed by atoms with van der Waals surface area (Å²) in [5.41, 5.74) is 2.07. The molecule has 2 N–H and O–H groups in total. The second-order valence-electron chi connectivity index (χ2n) is 6.60. The van der Waals surface area contributed by atoms with Crippen molar-refractivity contribution in [2.24, 2.45) is 0 Å². The fourth-order valence-corrected chi connectivity index (χ4v) is 3.46. The summed E-state index contributed by atoms with van der Waals surface area (Å²) in [5.74, 6) is -0.132. The van der Waals surface area contributed by atoms with Crippen molar-refractivity contribution in [2.75, 3.05) is 16.9 Å². The van der Waals surface area contributed by atoms with Crippen molar-refractivity contribution < 1.29 is 17.6 Å². The Morgan fingerprint density at radius 3 is 2.38 bits per heavy atom. The number of nitrogens with zero attached hydrogens (tertiary/aromatic N) is 1. The van der Waals surface area contributed by atoms with Crippen LogP contribution in [-0.2, 0) is 22.1 Å². The minimum Gasteiger partial charge on any atom is -0.366 e. The topological polar surface area (TPSA) is 88.2 Å². The first-order valence-electron chi connectivity index (χ1n) is 8.81. The number of sulfone groups is 1. The molecule has 8 heteroatoms. The van der Waals surface area contributed by atoms with Crippen molar-refractivity contribution in [1.29, 1.82) is 0 Å². The largest absolute Gasteiger partial charge is 0.366 e. The van der Waals surface area contributed by atoms with Crippen molar-refractivity contribution in [3.8, 4) is 0 Å². The Morgan fingerprint density at radius 2 is 1.76 bits per heavy atom. The molecule has 0 unspecified atom stereocenters. The highest BCUT2D eigenvalue weighted by Crippen LogP contribution is 2.14. The number of amides is 1. The molecular formula is C21H20FN3O3S. The third kappa shape index (κ3) is 6.11. The minimum atomic E-state index is -3.12. The lowest BCUT2D eigenvalue weighted by Crippen LogP contribution is -2.12. The lowest BCUT2D eigenvalue weighted by Gasteiger charge is -2.09. The van der Waals surface area contributed by atoms with Gasteiger partial charge in [0.05, 0.1) is 17.6 Å². The van der Waals surface area contributed by atoms with E-state index < -0.39 is 9.84 Å². The van der Waals surface area contributed by atoms with Gasteiger partial charge in [-0.05, 0) is 35.9 Å². The maximum atomic E-state index is 13.6. The summed E-state index contributed by atoms with van der Waals surface area (Å²) in [5, 5.41) is 5.75. The zero-order valence-electron chi connectivity index (χ0n) is 15.7. The molecule has 6 nitrogen and oxygen atoms in total. The van der Waals surface area contributed by atoms with Gasteiger partial charge in [-0.1, -0.05) is 30.3 Å². The number of carbonyl (C=O) groups is 1. The van der Waals surface area contributed by atoms with Gasteiger partial charge < -0.3 is 10.6 Å². The monoisotopic (exact) mass is 413 g/mol. The lowest BCUT2D eigenvalue weighted by molar-refractivity contribution is 0.102. The van der Waals surface area contributed by atoms with Crippen molar-refractivity contribution in [1.82, 2.24) is 4.98 Å². The van der Waals surface area contributed by atoms with Crippen LogP contribution in [0.5, 0.6) is 0 Å². The number of anilines is 2. The van der Waals surface area contributed by atoms with E-state index >= 15 is 0 Å². The van der Waals surface area contributed by atoms with Crippen LogP contribution in [0, 0.1) is 5.82 Å². The third-order valence-corrected chi connectivity index (χ3v) is 4.94. The van der Waals surface area contributed by atoms with E-state index in [0.29, 0.717) is 34.7 Å². The number of aromatic nitrogens is 1. The zero-order chi connectivity index (χ0) is 20.9. The summed E-state index contributed by atoms with van der Waals surface area (Å²) >= 11 is 0. The van der Waals surface area contributed by atoms with Gasteiger partial charge >= 0.3 is 0 Å². The smallest absolute Gasteiger partial charge is 0.255 e. The second-order valence-corrected chi connectivity index (χ2v) is 8.74. The molecule has 0 aliphatic carbocycles. The summed E-state index contributed by atoms with van der Waals surface area (Å²) in [7, 11) is -3.12. The van der Waals surface area contributed by atoms with Crippen molar-refractivity contribution >= 4 is 27.2 Å². The third-order valence-electron chi connectivity index (χ3n) is 4.08. The van der Waals surface area contributed by atoms with Crippen LogP contribution in [0.25, 0.3) is 0 Å². The number of nitrogens with one attached hydrogen (secondary N) is 2. The van der Waals surface area contributed by atoms with Gasteiger partial charge in [-0.3, -0.25) is 4.79 Å². The van der Waals surface area contributed by atoms with Gasteiger partial charge in [-0.15, -0.1) is 0 Å². The van der Waals surface area contributed by atoms with Crippen LogP contribution in [0.4, 0.5) is 15.9 Å². The van der Waals surface area contributed by atoms with Crippen LogP contribution < -0.4 is 10.6 Å². The Kier molecular flexibility index (Phi) is 6.23. The number of carbonyl (C=O) groups excluding carboxylic acids is 1. The molecule has 1 amide bonds. The number of halogens is 1. The van der Waals surface area contributed by atoms with E-state index in [2.05, 4.69) is 15.6 Å². The quantitative estimate of drug-likeness (QED) is 0.618. The van der Waals surface area contributed by atoms with Gasteiger partial charge in [0, 0.05) is 23.9 Å². The van der Waals surface area contributed by atoms with Crippen molar-refractivity contribution in [2.45, 2.75) is 12.3 Å². The van der Waals surface area contributed by atoms with Gasteiger partial charge in [-0.25, -0.2) is 17.8 Å². The Balaban J connectivity index is 1.57. The highest BCUT2D eigenvalue weighted by Gasteiger charge is 2.09. The summed E-state index contributed by atoms with van der Waals surface area (Å²) in [6, 6.07) is 16.2. The summed E-state index contributed by atoms with van der Waals surface area (Å²) < 4.78 is 36.3. The zero-order valence-corrected chi connectivity index (χ0v) is 16.5. The summed E-state index contributed by atoms with van der Waals surface area (Å²) in [6.45, 7) is 0.297. The van der Waals surface area contributed by atoms with E-state index in [4.69, 9.17) is 0 Å². The standard InChI is InChI=1S/C21H20FN3O3S/c1-29(27,28)14-15-6-8-16(9-7-15)21(26)25-18-10-11-20(24-13-18)23-12-17-4-2-3-5-19(17)22/h2-11,13H,12,14H2,1H3,(H,23,24)(H,25,26). The molecule has 150 valence electrons. The molecule has 1 aromatic heterocycles. The van der Waals surface area contributed by atoms with Crippen molar-refractivity contribution in [3.05, 3.63) is 89.4 Å². The second kappa shape index (κ2) is 8.83. The molecule has 2 aromatic carbocycles. The molecule has 0 saturated heterocycles. The molecule has 0 radical (unpaired) electrons. The summed E-state index contributed by atoms with van der Waals surface area (Å²) in [6.07, 6.45) is 2.66. The Hall–Kier alpha value is -3.26. The highest BCUT2D eigenvalue weighted by atomic mass is 32.2. The molecule has 3 aromatic rings. The SMILES string of the molecule is CS(=O)(=O)Cc1ccc(C(=O)Nc2ccc(NCc3ccccc3F)nc2)cc1. The first kappa shape index (κ1) is 20.5. The molecule has 3 rings (SSSR count). The number of pyridine rings is 1. The van der Waals surface area contributed by atoms with Crippen LogP contribution in [0.15, 0.2) is 66.9 Å². The molecule has 0 aliphatic rings. The van der Waals surface area contributed by atoms with Crippen LogP contribution in [0.1, 0.15) is 21.5 Å². The van der Waals surface area contributed by atoms with Gasteiger partial charge in [0.25, 0.3) is 5.91 Å². The maximum Gasteiger partial charge on any atom is 0.255 e. The highest BCUT2D eigenvalue weighted by molar-refractivity contribution is 7.89. The average Bonchev–Trinajstić information content (AvgIpc) is 2.68. The molecule has 29 heavy (non-hydrogen) atoms. The summed E-state index contributed by atoms with van der Waals surface area (Å²) in [4.78, 5) is 16.5. The Bertz CT molecular complexity index is 1100. The fourth-order valence-electron chi connectivity index (χ4n) is 2.66. The molecule has 0 saturated carbocycles. The van der Waals surface area contributed by atoms with Gasteiger partial charge in [0.15, 0.2) is 9.84 Å². The normalized spacial score (nSPS) is 11.1. The van der Waals surface area contributed by atoms with Crippen LogP contribution in [-0.4, -0.2) is 25.6 Å². The molecule has 0 atom stereocenters. The first-order chi connectivity index (χ1) is 13.8. The van der Waals surface area contributed by atoms with Gasteiger partial charge in [0.2, 0.25) is 0 Å². The van der Waals surface area contributed by atoms with E-state index in [1.54, 1.807) is 54.6 Å². The van der Waals surface area contributed by atoms with Gasteiger partial charge in [0.1, 0.15) is 11.6 Å². The van der Waals surface area contributed by atoms with Gasteiger partial charge in [-0.2, -0.15) is 0 Å².